The Morgan fingerprint density at radius 1 is 1.15 bits per heavy atom. The fraction of sp³-hybridized carbons (Fsp3) is 0.238. The van der Waals surface area contributed by atoms with E-state index in [4.69, 9.17) is 9.47 Å². The summed E-state index contributed by atoms with van der Waals surface area (Å²) in [5, 5.41) is 0.820. The van der Waals surface area contributed by atoms with E-state index in [0.29, 0.717) is 11.3 Å². The number of para-hydroxylation sites is 1. The number of carbonyl (C=O) groups excluding carboxylic acids is 2. The van der Waals surface area contributed by atoms with Crippen molar-refractivity contribution >= 4 is 22.7 Å². The summed E-state index contributed by atoms with van der Waals surface area (Å²) in [5.41, 5.74) is 3.16. The van der Waals surface area contributed by atoms with Crippen LogP contribution in [0.25, 0.3) is 10.9 Å². The second kappa shape index (κ2) is 7.44. The van der Waals surface area contributed by atoms with E-state index in [0.717, 1.165) is 22.0 Å². The first kappa shape index (κ1) is 17.7. The first-order valence-electron chi connectivity index (χ1n) is 8.43. The maximum atomic E-state index is 12.7. The summed E-state index contributed by atoms with van der Waals surface area (Å²) in [5.74, 6) is -0.0650. The molecule has 1 aromatic heterocycles. The lowest BCUT2D eigenvalue weighted by atomic mass is 10.1. The molecule has 0 aliphatic heterocycles. The summed E-state index contributed by atoms with van der Waals surface area (Å²) in [6.45, 7) is 3.53. The average Bonchev–Trinajstić information content (AvgIpc) is 3.05. The van der Waals surface area contributed by atoms with Gasteiger partial charge in [0.1, 0.15) is 5.75 Å². The molecule has 0 radical (unpaired) electrons. The summed E-state index contributed by atoms with van der Waals surface area (Å²) < 4.78 is 10.7. The monoisotopic (exact) mass is 351 g/mol. The third kappa shape index (κ3) is 3.61. The Morgan fingerprint density at radius 2 is 1.92 bits per heavy atom. The number of methoxy groups -OCH3 is 1. The topological polar surface area (TPSA) is 68.4 Å². The van der Waals surface area contributed by atoms with Crippen molar-refractivity contribution < 1.29 is 19.1 Å². The Morgan fingerprint density at radius 3 is 2.69 bits per heavy atom. The minimum atomic E-state index is -0.863. The van der Waals surface area contributed by atoms with E-state index in [1.165, 1.54) is 0 Å². The van der Waals surface area contributed by atoms with E-state index >= 15 is 0 Å². The van der Waals surface area contributed by atoms with E-state index in [-0.39, 0.29) is 12.2 Å². The van der Waals surface area contributed by atoms with Crippen LogP contribution in [-0.2, 0) is 16.0 Å². The molecule has 0 amide bonds. The summed E-state index contributed by atoms with van der Waals surface area (Å²) in [7, 11) is 1.56. The van der Waals surface area contributed by atoms with Gasteiger partial charge in [0, 0.05) is 28.2 Å². The molecule has 3 rings (SSSR count). The zero-order valence-corrected chi connectivity index (χ0v) is 15.0. The molecule has 3 aromatic rings. The quantitative estimate of drug-likeness (QED) is 0.541. The first-order chi connectivity index (χ1) is 12.5. The minimum absolute atomic E-state index is 0.0519. The normalized spacial score (nSPS) is 12.0. The molecule has 2 aromatic carbocycles. The Kier molecular flexibility index (Phi) is 5.07. The van der Waals surface area contributed by atoms with Gasteiger partial charge in [-0.25, -0.2) is 0 Å². The molecule has 0 spiro atoms. The van der Waals surface area contributed by atoms with Crippen molar-refractivity contribution in [3.05, 3.63) is 65.4 Å². The number of hydrogen-bond acceptors (Lipinski definition) is 4. The van der Waals surface area contributed by atoms with Crippen LogP contribution in [0.5, 0.6) is 5.75 Å². The molecule has 1 atom stereocenters. The summed E-state index contributed by atoms with van der Waals surface area (Å²) in [6, 6.07) is 13.1. The predicted molar refractivity (Wildman–Crippen MR) is 99.6 cm³/mol. The van der Waals surface area contributed by atoms with Gasteiger partial charge in [-0.05, 0) is 26.0 Å². The molecule has 134 valence electrons. The zero-order chi connectivity index (χ0) is 18.7. The smallest absolute Gasteiger partial charge is 0.311 e. The lowest BCUT2D eigenvalue weighted by Gasteiger charge is -2.13. The standard InChI is InChI=1S/C21H21NO4/c1-13-8-9-19(25-3)15(10-13)11-20(23)26-14(2)21(24)17-12-22-18-7-5-4-6-16(17)18/h4-10,12,14,22H,11H2,1-3H3/t14-/m0/s1. The van der Waals surface area contributed by atoms with Crippen LogP contribution in [-0.4, -0.2) is 30.0 Å². The molecule has 0 fully saturated rings. The van der Waals surface area contributed by atoms with E-state index in [1.807, 2.05) is 49.4 Å². The van der Waals surface area contributed by atoms with Crippen molar-refractivity contribution in [3.63, 3.8) is 0 Å². The number of benzene rings is 2. The van der Waals surface area contributed by atoms with Gasteiger partial charge in [-0.2, -0.15) is 0 Å². The van der Waals surface area contributed by atoms with Gasteiger partial charge in [-0.15, -0.1) is 0 Å². The van der Waals surface area contributed by atoms with E-state index in [9.17, 15) is 9.59 Å². The minimum Gasteiger partial charge on any atom is -0.496 e. The number of nitrogens with one attached hydrogen (secondary N) is 1. The molecule has 0 aliphatic carbocycles. The van der Waals surface area contributed by atoms with Gasteiger partial charge in [-0.1, -0.05) is 35.9 Å². The number of H-pyrrole nitrogens is 1. The molecule has 1 N–H and O–H groups in total. The Bertz CT molecular complexity index is 958. The van der Waals surface area contributed by atoms with Crippen LogP contribution < -0.4 is 4.74 Å². The number of aryl methyl sites for hydroxylation is 1. The van der Waals surface area contributed by atoms with Crippen LogP contribution in [0.1, 0.15) is 28.4 Å². The molecule has 5 heteroatoms. The second-order valence-electron chi connectivity index (χ2n) is 6.24. The van der Waals surface area contributed by atoms with Crippen LogP contribution in [0, 0.1) is 6.92 Å². The number of ether oxygens (including phenoxy) is 2. The largest absolute Gasteiger partial charge is 0.496 e. The third-order valence-corrected chi connectivity index (χ3v) is 4.30. The highest BCUT2D eigenvalue weighted by Gasteiger charge is 2.22. The van der Waals surface area contributed by atoms with Gasteiger partial charge in [-0.3, -0.25) is 9.59 Å². The number of fused-ring (bicyclic) bond motifs is 1. The number of aromatic amines is 1. The first-order valence-corrected chi connectivity index (χ1v) is 8.43. The molecular formula is C21H21NO4. The molecule has 0 saturated heterocycles. The van der Waals surface area contributed by atoms with Crippen molar-refractivity contribution in [1.82, 2.24) is 4.98 Å². The fourth-order valence-electron chi connectivity index (χ4n) is 2.99. The zero-order valence-electron chi connectivity index (χ0n) is 15.0. The van der Waals surface area contributed by atoms with Crippen LogP contribution in [0.4, 0.5) is 0 Å². The number of aromatic nitrogens is 1. The maximum absolute atomic E-state index is 12.7. The van der Waals surface area contributed by atoms with Gasteiger partial charge in [0.2, 0.25) is 5.78 Å². The van der Waals surface area contributed by atoms with Crippen LogP contribution in [0.15, 0.2) is 48.7 Å². The van der Waals surface area contributed by atoms with E-state index in [1.54, 1.807) is 20.2 Å². The summed E-state index contributed by atoms with van der Waals surface area (Å²) >= 11 is 0. The number of hydrogen-bond donors (Lipinski definition) is 1. The number of carbonyl (C=O) groups is 2. The van der Waals surface area contributed by atoms with Gasteiger partial charge in [0.15, 0.2) is 6.10 Å². The average molecular weight is 351 g/mol. The fourth-order valence-corrected chi connectivity index (χ4v) is 2.99. The predicted octanol–water partition coefficient (Wildman–Crippen LogP) is 3.84. The van der Waals surface area contributed by atoms with Crippen molar-refractivity contribution in [1.29, 1.82) is 0 Å². The number of Topliss-reactive ketones (excluding diaryl/α,β-unsaturated/α-hetero) is 1. The van der Waals surface area contributed by atoms with Crippen molar-refractivity contribution in [2.45, 2.75) is 26.4 Å². The maximum Gasteiger partial charge on any atom is 0.311 e. The molecule has 0 unspecified atom stereocenters. The highest BCUT2D eigenvalue weighted by Crippen LogP contribution is 2.22. The van der Waals surface area contributed by atoms with Gasteiger partial charge < -0.3 is 14.5 Å². The molecule has 0 bridgehead atoms. The third-order valence-electron chi connectivity index (χ3n) is 4.30. The summed E-state index contributed by atoms with van der Waals surface area (Å²) in [4.78, 5) is 28.0. The highest BCUT2D eigenvalue weighted by atomic mass is 16.5. The lowest BCUT2D eigenvalue weighted by molar-refractivity contribution is -0.145. The van der Waals surface area contributed by atoms with Crippen LogP contribution >= 0.6 is 0 Å². The van der Waals surface area contributed by atoms with Crippen LogP contribution in [0.3, 0.4) is 0 Å². The lowest BCUT2D eigenvalue weighted by Crippen LogP contribution is -2.25. The number of esters is 1. The molecule has 0 saturated carbocycles. The Hall–Kier alpha value is -3.08. The number of rotatable bonds is 6. The van der Waals surface area contributed by atoms with Gasteiger partial charge >= 0.3 is 5.97 Å². The van der Waals surface area contributed by atoms with E-state index < -0.39 is 12.1 Å². The molecule has 0 aliphatic rings. The second-order valence-corrected chi connectivity index (χ2v) is 6.24. The molecular weight excluding hydrogens is 330 g/mol. The Labute approximate surface area is 151 Å². The van der Waals surface area contributed by atoms with Gasteiger partial charge in [0.25, 0.3) is 0 Å². The molecule has 5 nitrogen and oxygen atoms in total. The highest BCUT2D eigenvalue weighted by molar-refractivity contribution is 6.10. The number of ketones is 1. The Balaban J connectivity index is 1.71. The van der Waals surface area contributed by atoms with Crippen molar-refractivity contribution in [2.75, 3.05) is 7.11 Å². The van der Waals surface area contributed by atoms with Gasteiger partial charge in [0.05, 0.1) is 13.5 Å². The van der Waals surface area contributed by atoms with Crippen LogP contribution in [0.2, 0.25) is 0 Å². The SMILES string of the molecule is COc1ccc(C)cc1CC(=O)O[C@@H](C)C(=O)c1c[nH]c2ccccc12. The summed E-state index contributed by atoms with van der Waals surface area (Å²) in [6.07, 6.45) is 0.842. The molecule has 26 heavy (non-hydrogen) atoms. The molecule has 1 heterocycles. The van der Waals surface area contributed by atoms with E-state index in [2.05, 4.69) is 4.98 Å². The van der Waals surface area contributed by atoms with Crippen molar-refractivity contribution in [2.24, 2.45) is 0 Å². The van der Waals surface area contributed by atoms with Crippen molar-refractivity contribution in [3.8, 4) is 5.75 Å².